The number of anilines is 2. The van der Waals surface area contributed by atoms with Gasteiger partial charge in [0.2, 0.25) is 15.9 Å². The quantitative estimate of drug-likeness (QED) is 0.683. The van der Waals surface area contributed by atoms with Gasteiger partial charge in [-0.05, 0) is 49.2 Å². The number of hydrogen-bond donors (Lipinski definition) is 1. The molecular formula is C20H24N2O5S. The number of ether oxygens (including phenoxy) is 1. The number of nitrogens with zero attached hydrogens (tertiary/aromatic N) is 1. The minimum absolute atomic E-state index is 0.139. The van der Waals surface area contributed by atoms with Crippen LogP contribution in [0.25, 0.3) is 0 Å². The van der Waals surface area contributed by atoms with Gasteiger partial charge in [0.15, 0.2) is 0 Å². The third-order valence-corrected chi connectivity index (χ3v) is 5.22. The monoisotopic (exact) mass is 404 g/mol. The van der Waals surface area contributed by atoms with Crippen molar-refractivity contribution >= 4 is 33.3 Å². The highest BCUT2D eigenvalue weighted by Gasteiger charge is 2.17. The standard InChI is InChI=1S/C20H24N2O5S/c1-15-7-4-10-18(13-15)22(28(3,25)26)12-6-11-19(23)21-17-9-5-8-16(14-17)20(24)27-2/h4-5,7-10,13-14H,6,11-12H2,1-3H3,(H,21,23). The van der Waals surface area contributed by atoms with Gasteiger partial charge >= 0.3 is 5.97 Å². The lowest BCUT2D eigenvalue weighted by Crippen LogP contribution is -2.31. The van der Waals surface area contributed by atoms with E-state index in [1.165, 1.54) is 17.5 Å². The van der Waals surface area contributed by atoms with E-state index in [0.29, 0.717) is 23.4 Å². The molecule has 0 atom stereocenters. The second-order valence-electron chi connectivity index (χ2n) is 6.40. The third kappa shape index (κ3) is 6.09. The van der Waals surface area contributed by atoms with E-state index in [-0.39, 0.29) is 18.9 Å². The van der Waals surface area contributed by atoms with Crippen molar-refractivity contribution in [3.63, 3.8) is 0 Å². The van der Waals surface area contributed by atoms with Crippen LogP contribution in [0.5, 0.6) is 0 Å². The molecule has 0 saturated carbocycles. The number of esters is 1. The first kappa shape index (κ1) is 21.4. The number of nitrogens with one attached hydrogen (secondary N) is 1. The SMILES string of the molecule is COC(=O)c1cccc(NC(=O)CCCN(c2cccc(C)c2)S(C)(=O)=O)c1. The Labute approximate surface area is 165 Å². The van der Waals surface area contributed by atoms with Gasteiger partial charge in [-0.25, -0.2) is 13.2 Å². The van der Waals surface area contributed by atoms with E-state index in [0.717, 1.165) is 11.8 Å². The summed E-state index contributed by atoms with van der Waals surface area (Å²) >= 11 is 0. The Balaban J connectivity index is 1.97. The molecule has 0 fully saturated rings. The van der Waals surface area contributed by atoms with Crippen molar-refractivity contribution in [2.75, 3.05) is 29.5 Å². The average molecular weight is 404 g/mol. The van der Waals surface area contributed by atoms with Crippen LogP contribution < -0.4 is 9.62 Å². The Kier molecular flexibility index (Phi) is 7.17. The number of rotatable bonds is 8. The van der Waals surface area contributed by atoms with Crippen molar-refractivity contribution in [2.24, 2.45) is 0 Å². The van der Waals surface area contributed by atoms with Gasteiger partial charge in [0, 0.05) is 18.7 Å². The highest BCUT2D eigenvalue weighted by Crippen LogP contribution is 2.20. The van der Waals surface area contributed by atoms with Crippen LogP contribution in [0.3, 0.4) is 0 Å². The summed E-state index contributed by atoms with van der Waals surface area (Å²) in [5.41, 5.74) is 2.35. The molecule has 0 aromatic heterocycles. The lowest BCUT2D eigenvalue weighted by molar-refractivity contribution is -0.116. The van der Waals surface area contributed by atoms with Crippen LogP contribution in [0.2, 0.25) is 0 Å². The average Bonchev–Trinajstić information content (AvgIpc) is 2.63. The topological polar surface area (TPSA) is 92.8 Å². The molecule has 1 amide bonds. The molecule has 0 unspecified atom stereocenters. The van der Waals surface area contributed by atoms with Crippen LogP contribution in [0.1, 0.15) is 28.8 Å². The molecule has 0 bridgehead atoms. The minimum atomic E-state index is -3.46. The molecule has 0 radical (unpaired) electrons. The molecule has 0 spiro atoms. The zero-order chi connectivity index (χ0) is 20.7. The maximum absolute atomic E-state index is 12.2. The molecule has 1 N–H and O–H groups in total. The number of carbonyl (C=O) groups excluding carboxylic acids is 2. The maximum Gasteiger partial charge on any atom is 0.337 e. The van der Waals surface area contributed by atoms with Crippen molar-refractivity contribution in [1.29, 1.82) is 0 Å². The number of benzene rings is 2. The van der Waals surface area contributed by atoms with E-state index in [1.807, 2.05) is 13.0 Å². The molecule has 2 aromatic carbocycles. The zero-order valence-corrected chi connectivity index (χ0v) is 17.0. The van der Waals surface area contributed by atoms with Gasteiger partial charge in [0.1, 0.15) is 0 Å². The molecule has 28 heavy (non-hydrogen) atoms. The first-order valence-electron chi connectivity index (χ1n) is 8.73. The number of amides is 1. The van der Waals surface area contributed by atoms with Crippen LogP contribution in [0.15, 0.2) is 48.5 Å². The number of carbonyl (C=O) groups is 2. The van der Waals surface area contributed by atoms with E-state index < -0.39 is 16.0 Å². The van der Waals surface area contributed by atoms with Crippen LogP contribution in [-0.4, -0.2) is 40.2 Å². The molecule has 0 saturated heterocycles. The van der Waals surface area contributed by atoms with E-state index >= 15 is 0 Å². The lowest BCUT2D eigenvalue weighted by atomic mass is 10.2. The van der Waals surface area contributed by atoms with Gasteiger partial charge in [0.25, 0.3) is 0 Å². The minimum Gasteiger partial charge on any atom is -0.465 e. The van der Waals surface area contributed by atoms with Gasteiger partial charge in [-0.1, -0.05) is 18.2 Å². The molecule has 8 heteroatoms. The largest absolute Gasteiger partial charge is 0.465 e. The maximum atomic E-state index is 12.2. The van der Waals surface area contributed by atoms with E-state index in [4.69, 9.17) is 0 Å². The van der Waals surface area contributed by atoms with E-state index in [2.05, 4.69) is 10.1 Å². The van der Waals surface area contributed by atoms with Gasteiger partial charge < -0.3 is 10.1 Å². The molecule has 0 aliphatic rings. The summed E-state index contributed by atoms with van der Waals surface area (Å²) in [5, 5.41) is 2.71. The summed E-state index contributed by atoms with van der Waals surface area (Å²) in [6.45, 7) is 2.08. The Morgan fingerprint density at radius 3 is 2.46 bits per heavy atom. The van der Waals surface area contributed by atoms with Gasteiger partial charge in [-0.15, -0.1) is 0 Å². The predicted octanol–water partition coefficient (Wildman–Crippen LogP) is 2.97. The summed E-state index contributed by atoms with van der Waals surface area (Å²) in [6, 6.07) is 13.6. The first-order valence-corrected chi connectivity index (χ1v) is 10.6. The third-order valence-electron chi connectivity index (χ3n) is 4.02. The highest BCUT2D eigenvalue weighted by molar-refractivity contribution is 7.92. The molecule has 0 aliphatic heterocycles. The normalized spacial score (nSPS) is 11.0. The summed E-state index contributed by atoms with van der Waals surface area (Å²) in [4.78, 5) is 23.7. The molecule has 2 aromatic rings. The van der Waals surface area contributed by atoms with Crippen molar-refractivity contribution in [3.8, 4) is 0 Å². The fourth-order valence-electron chi connectivity index (χ4n) is 2.72. The van der Waals surface area contributed by atoms with Crippen molar-refractivity contribution in [1.82, 2.24) is 0 Å². The highest BCUT2D eigenvalue weighted by atomic mass is 32.2. The van der Waals surface area contributed by atoms with Crippen molar-refractivity contribution in [3.05, 3.63) is 59.7 Å². The number of sulfonamides is 1. The molecule has 2 rings (SSSR count). The molecular weight excluding hydrogens is 380 g/mol. The Morgan fingerprint density at radius 1 is 1.11 bits per heavy atom. The summed E-state index contributed by atoms with van der Waals surface area (Å²) in [5.74, 6) is -0.752. The predicted molar refractivity (Wildman–Crippen MR) is 109 cm³/mol. The van der Waals surface area contributed by atoms with E-state index in [1.54, 1.807) is 36.4 Å². The fraction of sp³-hybridized carbons (Fsp3) is 0.300. The smallest absolute Gasteiger partial charge is 0.337 e. The van der Waals surface area contributed by atoms with Crippen LogP contribution in [-0.2, 0) is 19.6 Å². The fourth-order valence-corrected chi connectivity index (χ4v) is 3.68. The summed E-state index contributed by atoms with van der Waals surface area (Å²) in [7, 11) is -2.17. The van der Waals surface area contributed by atoms with Crippen LogP contribution >= 0.6 is 0 Å². The number of aryl methyl sites for hydroxylation is 1. The Morgan fingerprint density at radius 2 is 1.82 bits per heavy atom. The summed E-state index contributed by atoms with van der Waals surface area (Å²) < 4.78 is 30.2. The first-order chi connectivity index (χ1) is 13.2. The number of methoxy groups -OCH3 is 1. The summed E-state index contributed by atoms with van der Waals surface area (Å²) in [6.07, 6.45) is 1.64. The van der Waals surface area contributed by atoms with Gasteiger partial charge in [0.05, 0.1) is 24.6 Å². The zero-order valence-electron chi connectivity index (χ0n) is 16.1. The van der Waals surface area contributed by atoms with Gasteiger partial charge in [-0.2, -0.15) is 0 Å². The number of hydrogen-bond acceptors (Lipinski definition) is 5. The Bertz CT molecular complexity index is 957. The molecule has 0 heterocycles. The second kappa shape index (κ2) is 9.36. The van der Waals surface area contributed by atoms with Crippen LogP contribution in [0.4, 0.5) is 11.4 Å². The van der Waals surface area contributed by atoms with Crippen molar-refractivity contribution < 1.29 is 22.7 Å². The molecule has 150 valence electrons. The second-order valence-corrected chi connectivity index (χ2v) is 8.31. The van der Waals surface area contributed by atoms with Crippen molar-refractivity contribution in [2.45, 2.75) is 19.8 Å². The molecule has 0 aliphatic carbocycles. The lowest BCUT2D eigenvalue weighted by Gasteiger charge is -2.22. The van der Waals surface area contributed by atoms with Gasteiger partial charge in [-0.3, -0.25) is 9.10 Å². The molecule has 7 nitrogen and oxygen atoms in total. The Hall–Kier alpha value is -2.87. The van der Waals surface area contributed by atoms with E-state index in [9.17, 15) is 18.0 Å². The van der Waals surface area contributed by atoms with Crippen LogP contribution in [0, 0.1) is 6.92 Å².